The molecule has 0 radical (unpaired) electrons. The predicted octanol–water partition coefficient (Wildman–Crippen LogP) is 1.23. The lowest BCUT2D eigenvalue weighted by atomic mass is 10.1. The van der Waals surface area contributed by atoms with Crippen molar-refractivity contribution in [1.29, 1.82) is 5.26 Å². The van der Waals surface area contributed by atoms with Crippen LogP contribution in [0.25, 0.3) is 0 Å². The van der Waals surface area contributed by atoms with Crippen LogP contribution in [0.3, 0.4) is 0 Å². The largest absolute Gasteiger partial charge is 0.504 e. The molecule has 0 spiro atoms. The normalized spacial score (nSPS) is 19.0. The fraction of sp³-hybridized carbons (Fsp3) is 0.333. The number of carbonyl (C=O) groups is 1. The Hall–Kier alpha value is -2.22. The molecule has 1 amide bonds. The molecule has 0 aliphatic carbocycles. The highest BCUT2D eigenvalue weighted by atomic mass is 16.3. The molecule has 1 unspecified atom stereocenters. The summed E-state index contributed by atoms with van der Waals surface area (Å²) in [7, 11) is 0. The highest BCUT2D eigenvalue weighted by Crippen LogP contribution is 2.30. The minimum Gasteiger partial charge on any atom is -0.504 e. The van der Waals surface area contributed by atoms with Gasteiger partial charge in [0.2, 0.25) is 0 Å². The van der Waals surface area contributed by atoms with Gasteiger partial charge in [-0.3, -0.25) is 4.79 Å². The lowest BCUT2D eigenvalue weighted by Crippen LogP contribution is -2.34. The quantitative estimate of drug-likeness (QED) is 0.713. The molecule has 1 aromatic carbocycles. The van der Waals surface area contributed by atoms with Crippen LogP contribution >= 0.6 is 0 Å². The SMILES string of the molecule is N#CC1CCCN1C(=O)c1cccc(O)c1O. The molecular formula is C12H12N2O3. The second-order valence-electron chi connectivity index (χ2n) is 3.96. The zero-order valence-electron chi connectivity index (χ0n) is 9.13. The third kappa shape index (κ3) is 1.89. The lowest BCUT2D eigenvalue weighted by Gasteiger charge is -2.20. The summed E-state index contributed by atoms with van der Waals surface area (Å²) in [5.41, 5.74) is 0.0344. The summed E-state index contributed by atoms with van der Waals surface area (Å²) in [6.07, 6.45) is 1.44. The standard InChI is InChI=1S/C12H12N2O3/c13-7-8-3-2-6-14(8)12(17)9-4-1-5-10(15)11(9)16/h1,4-5,8,15-16H,2-3,6H2. The van der Waals surface area contributed by atoms with E-state index in [-0.39, 0.29) is 11.3 Å². The van der Waals surface area contributed by atoms with E-state index in [1.165, 1.54) is 23.1 Å². The van der Waals surface area contributed by atoms with Crippen molar-refractivity contribution in [3.63, 3.8) is 0 Å². The van der Waals surface area contributed by atoms with E-state index in [1.54, 1.807) is 0 Å². The van der Waals surface area contributed by atoms with Gasteiger partial charge >= 0.3 is 0 Å². The van der Waals surface area contributed by atoms with Crippen molar-refractivity contribution in [2.24, 2.45) is 0 Å². The van der Waals surface area contributed by atoms with E-state index < -0.39 is 17.7 Å². The van der Waals surface area contributed by atoms with E-state index >= 15 is 0 Å². The number of aromatic hydroxyl groups is 2. The first-order valence-corrected chi connectivity index (χ1v) is 5.36. The van der Waals surface area contributed by atoms with Gasteiger partial charge in [-0.05, 0) is 25.0 Å². The number of hydrogen-bond acceptors (Lipinski definition) is 4. The van der Waals surface area contributed by atoms with Gasteiger partial charge in [-0.15, -0.1) is 0 Å². The average Bonchev–Trinajstić information content (AvgIpc) is 2.80. The van der Waals surface area contributed by atoms with E-state index in [2.05, 4.69) is 6.07 Å². The highest BCUT2D eigenvalue weighted by Gasteiger charge is 2.30. The van der Waals surface area contributed by atoms with Gasteiger partial charge in [0.1, 0.15) is 6.04 Å². The Kier molecular flexibility index (Phi) is 2.88. The molecule has 0 bridgehead atoms. The molecule has 1 heterocycles. The molecule has 0 saturated carbocycles. The van der Waals surface area contributed by atoms with E-state index in [0.29, 0.717) is 13.0 Å². The summed E-state index contributed by atoms with van der Waals surface area (Å²) >= 11 is 0. The van der Waals surface area contributed by atoms with Crippen LogP contribution in [-0.4, -0.2) is 33.6 Å². The van der Waals surface area contributed by atoms with Crippen LogP contribution in [0.1, 0.15) is 23.2 Å². The molecule has 0 aromatic heterocycles. The number of carbonyl (C=O) groups excluding carboxylic acids is 1. The van der Waals surface area contributed by atoms with Crippen LogP contribution in [0.5, 0.6) is 11.5 Å². The van der Waals surface area contributed by atoms with Crippen molar-refractivity contribution in [2.45, 2.75) is 18.9 Å². The van der Waals surface area contributed by atoms with E-state index in [4.69, 9.17) is 5.26 Å². The summed E-state index contributed by atoms with van der Waals surface area (Å²) in [6.45, 7) is 0.506. The van der Waals surface area contributed by atoms with E-state index in [1.807, 2.05) is 0 Å². The topological polar surface area (TPSA) is 84.6 Å². The Morgan fingerprint density at radius 3 is 2.94 bits per heavy atom. The first-order chi connectivity index (χ1) is 8.15. The molecule has 1 fully saturated rings. The minimum atomic E-state index is -0.441. The zero-order chi connectivity index (χ0) is 12.4. The molecule has 1 aliphatic heterocycles. The third-order valence-electron chi connectivity index (χ3n) is 2.91. The van der Waals surface area contributed by atoms with Crippen molar-refractivity contribution in [1.82, 2.24) is 4.90 Å². The summed E-state index contributed by atoms with van der Waals surface area (Å²) in [5.74, 6) is -1.17. The van der Waals surface area contributed by atoms with Crippen molar-refractivity contribution in [3.05, 3.63) is 23.8 Å². The number of para-hydroxylation sites is 1. The van der Waals surface area contributed by atoms with Crippen molar-refractivity contribution < 1.29 is 15.0 Å². The number of hydrogen-bond donors (Lipinski definition) is 2. The number of phenolic OH excluding ortho intramolecular Hbond substituents is 2. The Morgan fingerprint density at radius 1 is 1.47 bits per heavy atom. The number of phenols is 2. The van der Waals surface area contributed by atoms with Gasteiger partial charge in [-0.1, -0.05) is 6.07 Å². The molecule has 1 aliphatic rings. The molecule has 88 valence electrons. The van der Waals surface area contributed by atoms with Gasteiger partial charge in [-0.2, -0.15) is 5.26 Å². The molecule has 1 atom stereocenters. The highest BCUT2D eigenvalue weighted by molar-refractivity contribution is 5.98. The van der Waals surface area contributed by atoms with Crippen LogP contribution in [0, 0.1) is 11.3 Å². The molecule has 2 N–H and O–H groups in total. The Labute approximate surface area is 98.5 Å². The zero-order valence-corrected chi connectivity index (χ0v) is 9.13. The van der Waals surface area contributed by atoms with Crippen molar-refractivity contribution >= 4 is 5.91 Å². The van der Waals surface area contributed by atoms with Crippen LogP contribution in [0.4, 0.5) is 0 Å². The molecular weight excluding hydrogens is 220 g/mol. The molecule has 1 aromatic rings. The number of amides is 1. The second kappa shape index (κ2) is 4.34. The molecule has 1 saturated heterocycles. The summed E-state index contributed by atoms with van der Waals surface area (Å²) in [4.78, 5) is 13.5. The van der Waals surface area contributed by atoms with Gasteiger partial charge < -0.3 is 15.1 Å². The minimum absolute atomic E-state index is 0.0344. The fourth-order valence-corrected chi connectivity index (χ4v) is 2.00. The maximum atomic E-state index is 12.1. The van der Waals surface area contributed by atoms with Crippen LogP contribution in [-0.2, 0) is 0 Å². The number of nitriles is 1. The summed E-state index contributed by atoms with van der Waals surface area (Å²) < 4.78 is 0. The van der Waals surface area contributed by atoms with Gasteiger partial charge in [0.15, 0.2) is 11.5 Å². The third-order valence-corrected chi connectivity index (χ3v) is 2.91. The molecule has 17 heavy (non-hydrogen) atoms. The first-order valence-electron chi connectivity index (χ1n) is 5.36. The maximum absolute atomic E-state index is 12.1. The molecule has 5 heteroatoms. The van der Waals surface area contributed by atoms with Gasteiger partial charge in [0.25, 0.3) is 5.91 Å². The Bertz CT molecular complexity index is 493. The van der Waals surface area contributed by atoms with Crippen molar-refractivity contribution in [3.8, 4) is 17.6 Å². The average molecular weight is 232 g/mol. The van der Waals surface area contributed by atoms with Gasteiger partial charge in [0, 0.05) is 6.54 Å². The number of benzene rings is 1. The Morgan fingerprint density at radius 2 is 2.24 bits per heavy atom. The van der Waals surface area contributed by atoms with Crippen molar-refractivity contribution in [2.75, 3.05) is 6.54 Å². The first kappa shape index (κ1) is 11.3. The lowest BCUT2D eigenvalue weighted by molar-refractivity contribution is 0.0761. The maximum Gasteiger partial charge on any atom is 0.258 e. The number of rotatable bonds is 1. The number of nitrogens with zero attached hydrogens (tertiary/aromatic N) is 2. The molecule has 5 nitrogen and oxygen atoms in total. The summed E-state index contributed by atoms with van der Waals surface area (Å²) in [6, 6.07) is 5.84. The fourth-order valence-electron chi connectivity index (χ4n) is 2.00. The van der Waals surface area contributed by atoms with E-state index in [9.17, 15) is 15.0 Å². The van der Waals surface area contributed by atoms with Crippen LogP contribution in [0.2, 0.25) is 0 Å². The second-order valence-corrected chi connectivity index (χ2v) is 3.96. The van der Waals surface area contributed by atoms with Crippen LogP contribution < -0.4 is 0 Å². The Balaban J connectivity index is 2.32. The number of likely N-dealkylation sites (tertiary alicyclic amines) is 1. The van der Waals surface area contributed by atoms with Gasteiger partial charge in [0.05, 0.1) is 11.6 Å². The monoisotopic (exact) mass is 232 g/mol. The predicted molar refractivity (Wildman–Crippen MR) is 59.4 cm³/mol. The van der Waals surface area contributed by atoms with E-state index in [0.717, 1.165) is 6.42 Å². The van der Waals surface area contributed by atoms with Crippen LogP contribution in [0.15, 0.2) is 18.2 Å². The smallest absolute Gasteiger partial charge is 0.258 e. The summed E-state index contributed by atoms with van der Waals surface area (Å²) in [5, 5.41) is 27.8. The van der Waals surface area contributed by atoms with Gasteiger partial charge in [-0.25, -0.2) is 0 Å². The molecule has 2 rings (SSSR count).